The Hall–Kier alpha value is -2.35. The van der Waals surface area contributed by atoms with Crippen LogP contribution in [0.4, 0.5) is 24.7 Å². The van der Waals surface area contributed by atoms with E-state index in [-0.39, 0.29) is 10.7 Å². The number of hydrogen-bond donors (Lipinski definition) is 2. The minimum absolute atomic E-state index is 0.132. The number of nitrogens with one attached hydrogen (secondary N) is 1. The summed E-state index contributed by atoms with van der Waals surface area (Å²) in [4.78, 5) is 4.26. The Morgan fingerprint density at radius 1 is 1.19 bits per heavy atom. The molecule has 0 fully saturated rings. The van der Waals surface area contributed by atoms with Gasteiger partial charge in [-0.25, -0.2) is 4.98 Å². The molecule has 0 saturated carbocycles. The van der Waals surface area contributed by atoms with Gasteiger partial charge in [0, 0.05) is 11.8 Å². The molecule has 2 aromatic rings. The highest BCUT2D eigenvalue weighted by Crippen LogP contribution is 2.26. The van der Waals surface area contributed by atoms with Crippen molar-refractivity contribution in [2.24, 2.45) is 5.73 Å². The van der Waals surface area contributed by atoms with Crippen LogP contribution < -0.4 is 15.8 Å². The summed E-state index contributed by atoms with van der Waals surface area (Å²) in [5.74, 6) is 0.0856. The highest BCUT2D eigenvalue weighted by atomic mass is 32.1. The third kappa shape index (κ3) is 4.60. The molecule has 0 aliphatic carbocycles. The predicted octanol–water partition coefficient (Wildman–Crippen LogP) is 3.36. The second-order valence-electron chi connectivity index (χ2n) is 3.97. The van der Waals surface area contributed by atoms with Gasteiger partial charge in [0.25, 0.3) is 0 Å². The highest BCUT2D eigenvalue weighted by Gasteiger charge is 2.31. The van der Waals surface area contributed by atoms with E-state index in [1.54, 1.807) is 24.3 Å². The number of alkyl halides is 3. The van der Waals surface area contributed by atoms with Gasteiger partial charge in [0.15, 0.2) is 0 Å². The van der Waals surface area contributed by atoms with Gasteiger partial charge >= 0.3 is 6.36 Å². The quantitative estimate of drug-likeness (QED) is 0.848. The number of thiocarbonyl (C=S) groups is 1. The summed E-state index contributed by atoms with van der Waals surface area (Å²) >= 11 is 4.81. The summed E-state index contributed by atoms with van der Waals surface area (Å²) in [5, 5.41) is 2.85. The molecule has 110 valence electrons. The fourth-order valence-electron chi connectivity index (χ4n) is 1.56. The minimum Gasteiger partial charge on any atom is -0.406 e. The van der Waals surface area contributed by atoms with E-state index < -0.39 is 6.36 Å². The molecule has 1 aromatic carbocycles. The normalized spacial score (nSPS) is 11.0. The number of benzene rings is 1. The van der Waals surface area contributed by atoms with Crippen molar-refractivity contribution in [3.63, 3.8) is 0 Å². The lowest BCUT2D eigenvalue weighted by molar-refractivity contribution is -0.274. The lowest BCUT2D eigenvalue weighted by atomic mass is 10.3. The lowest BCUT2D eigenvalue weighted by Gasteiger charge is -2.11. The molecular formula is C13H10F3N3OS. The van der Waals surface area contributed by atoms with Crippen molar-refractivity contribution in [1.82, 2.24) is 4.98 Å². The average molecular weight is 313 g/mol. The third-order valence-corrected chi connectivity index (χ3v) is 2.55. The largest absolute Gasteiger partial charge is 0.573 e. The van der Waals surface area contributed by atoms with Crippen LogP contribution in [0.15, 0.2) is 42.5 Å². The maximum absolute atomic E-state index is 12.2. The highest BCUT2D eigenvalue weighted by molar-refractivity contribution is 7.80. The van der Waals surface area contributed by atoms with Crippen LogP contribution in [0.3, 0.4) is 0 Å². The van der Waals surface area contributed by atoms with Crippen LogP contribution in [0.5, 0.6) is 5.75 Å². The number of rotatable bonds is 4. The zero-order chi connectivity index (χ0) is 15.5. The molecule has 4 nitrogen and oxygen atoms in total. The number of pyridine rings is 1. The minimum atomic E-state index is -4.73. The van der Waals surface area contributed by atoms with E-state index in [1.165, 1.54) is 18.2 Å². The van der Waals surface area contributed by atoms with Crippen LogP contribution in [0.25, 0.3) is 0 Å². The average Bonchev–Trinajstić information content (AvgIpc) is 2.37. The smallest absolute Gasteiger partial charge is 0.406 e. The number of anilines is 2. The summed E-state index contributed by atoms with van der Waals surface area (Å²) < 4.78 is 40.3. The monoisotopic (exact) mass is 313 g/mol. The third-order valence-electron chi connectivity index (χ3n) is 2.34. The van der Waals surface area contributed by atoms with E-state index in [0.717, 1.165) is 0 Å². The number of aromatic nitrogens is 1. The van der Waals surface area contributed by atoms with E-state index >= 15 is 0 Å². The lowest BCUT2D eigenvalue weighted by Crippen LogP contribution is -2.17. The van der Waals surface area contributed by atoms with Gasteiger partial charge in [-0.15, -0.1) is 13.2 Å². The Morgan fingerprint density at radius 2 is 1.90 bits per heavy atom. The Kier molecular flexibility index (Phi) is 4.27. The van der Waals surface area contributed by atoms with Gasteiger partial charge in [-0.05, 0) is 24.3 Å². The van der Waals surface area contributed by atoms with Crippen molar-refractivity contribution in [3.8, 4) is 5.75 Å². The second-order valence-corrected chi connectivity index (χ2v) is 4.41. The van der Waals surface area contributed by atoms with Crippen LogP contribution >= 0.6 is 12.2 Å². The van der Waals surface area contributed by atoms with E-state index in [4.69, 9.17) is 18.0 Å². The van der Waals surface area contributed by atoms with Gasteiger partial charge in [-0.1, -0.05) is 24.4 Å². The fourth-order valence-corrected chi connectivity index (χ4v) is 1.67. The van der Waals surface area contributed by atoms with Crippen molar-refractivity contribution in [3.05, 3.63) is 48.2 Å². The Labute approximate surface area is 123 Å². The van der Waals surface area contributed by atoms with Gasteiger partial charge in [-0.3, -0.25) is 0 Å². The summed E-state index contributed by atoms with van der Waals surface area (Å²) in [5.41, 5.74) is 6.27. The summed E-state index contributed by atoms with van der Waals surface area (Å²) in [6, 6.07) is 10.4. The van der Waals surface area contributed by atoms with Crippen molar-refractivity contribution in [1.29, 1.82) is 0 Å². The number of halogens is 3. The molecule has 2 rings (SSSR count). The first-order valence-corrected chi connectivity index (χ1v) is 6.14. The van der Waals surface area contributed by atoms with Crippen LogP contribution in [-0.4, -0.2) is 16.3 Å². The number of nitrogens with zero attached hydrogens (tertiary/aromatic N) is 1. The molecule has 8 heteroatoms. The number of hydrogen-bond acceptors (Lipinski definition) is 4. The molecule has 0 saturated heterocycles. The van der Waals surface area contributed by atoms with Gasteiger partial charge < -0.3 is 15.8 Å². The SMILES string of the molecule is NC(=S)c1cccc(Nc2cccc(OC(F)(F)F)c2)n1. The Morgan fingerprint density at radius 3 is 2.57 bits per heavy atom. The molecule has 0 spiro atoms. The summed E-state index contributed by atoms with van der Waals surface area (Å²) in [6.07, 6.45) is -4.73. The predicted molar refractivity (Wildman–Crippen MR) is 76.5 cm³/mol. The molecular weight excluding hydrogens is 303 g/mol. The Balaban J connectivity index is 2.18. The first kappa shape index (κ1) is 15.0. The van der Waals surface area contributed by atoms with Crippen LogP contribution in [0.2, 0.25) is 0 Å². The molecule has 0 unspecified atom stereocenters. The van der Waals surface area contributed by atoms with Crippen molar-refractivity contribution >= 4 is 28.7 Å². The van der Waals surface area contributed by atoms with Crippen LogP contribution in [0.1, 0.15) is 5.69 Å². The summed E-state index contributed by atoms with van der Waals surface area (Å²) in [7, 11) is 0. The molecule has 0 atom stereocenters. The fraction of sp³-hybridized carbons (Fsp3) is 0.0769. The van der Waals surface area contributed by atoms with Gasteiger partial charge in [0.2, 0.25) is 0 Å². The van der Waals surface area contributed by atoms with Gasteiger partial charge in [-0.2, -0.15) is 0 Å². The molecule has 0 radical (unpaired) electrons. The Bertz CT molecular complexity index is 661. The van der Waals surface area contributed by atoms with E-state index in [0.29, 0.717) is 17.2 Å². The molecule has 3 N–H and O–H groups in total. The number of nitrogens with two attached hydrogens (primary N) is 1. The molecule has 0 bridgehead atoms. The van der Waals surface area contributed by atoms with Gasteiger partial charge in [0.1, 0.15) is 16.6 Å². The van der Waals surface area contributed by atoms with Crippen molar-refractivity contribution in [2.45, 2.75) is 6.36 Å². The van der Waals surface area contributed by atoms with Gasteiger partial charge in [0.05, 0.1) is 5.69 Å². The number of ether oxygens (including phenoxy) is 1. The maximum atomic E-state index is 12.2. The van der Waals surface area contributed by atoms with Crippen LogP contribution in [0, 0.1) is 0 Å². The summed E-state index contributed by atoms with van der Waals surface area (Å²) in [6.45, 7) is 0. The second kappa shape index (κ2) is 5.96. The standard InChI is InChI=1S/C13H10F3N3OS/c14-13(15,16)20-9-4-1-3-8(7-9)18-11-6-2-5-10(19-11)12(17)21/h1-7H,(H2,17,21)(H,18,19). The molecule has 1 heterocycles. The topological polar surface area (TPSA) is 60.2 Å². The molecule has 1 aromatic heterocycles. The maximum Gasteiger partial charge on any atom is 0.573 e. The zero-order valence-corrected chi connectivity index (χ0v) is 11.3. The zero-order valence-electron chi connectivity index (χ0n) is 10.5. The van der Waals surface area contributed by atoms with Crippen LogP contribution in [-0.2, 0) is 0 Å². The molecule has 21 heavy (non-hydrogen) atoms. The molecule has 0 aliphatic heterocycles. The van der Waals surface area contributed by atoms with E-state index in [2.05, 4.69) is 15.0 Å². The van der Waals surface area contributed by atoms with Crippen molar-refractivity contribution in [2.75, 3.05) is 5.32 Å². The molecule has 0 aliphatic rings. The van der Waals surface area contributed by atoms with E-state index in [1.807, 2.05) is 0 Å². The first-order chi connectivity index (χ1) is 9.83. The van der Waals surface area contributed by atoms with E-state index in [9.17, 15) is 13.2 Å². The van der Waals surface area contributed by atoms with Crippen molar-refractivity contribution < 1.29 is 17.9 Å². The first-order valence-electron chi connectivity index (χ1n) is 5.73. The molecule has 0 amide bonds.